The van der Waals surface area contributed by atoms with Crippen LogP contribution in [-0.4, -0.2) is 34.7 Å². The smallest absolute Gasteiger partial charge is 0.289 e. The minimum Gasteiger partial charge on any atom is -0.337 e. The monoisotopic (exact) mass is 393 g/mol. The molecule has 136 valence electrons. The molecule has 1 unspecified atom stereocenters. The van der Waals surface area contributed by atoms with Gasteiger partial charge in [0.1, 0.15) is 5.02 Å². The number of nitro benzene ring substituents is 1. The number of rotatable bonds is 4. The van der Waals surface area contributed by atoms with Gasteiger partial charge in [-0.1, -0.05) is 17.7 Å². The summed E-state index contributed by atoms with van der Waals surface area (Å²) in [5.41, 5.74) is 0.0513. The zero-order chi connectivity index (χ0) is 18.7. The maximum Gasteiger partial charge on any atom is 0.289 e. The Kier molecular flexibility index (Phi) is 5.53. The third kappa shape index (κ3) is 4.03. The molecule has 1 aliphatic rings. The zero-order valence-corrected chi connectivity index (χ0v) is 15.3. The van der Waals surface area contributed by atoms with Gasteiger partial charge in [-0.3, -0.25) is 19.7 Å². The lowest BCUT2D eigenvalue weighted by Gasteiger charge is -2.31. The minimum atomic E-state index is -0.597. The van der Waals surface area contributed by atoms with E-state index in [4.69, 9.17) is 11.6 Å². The number of carbonyl (C=O) groups is 2. The van der Waals surface area contributed by atoms with Crippen LogP contribution in [0.25, 0.3) is 0 Å². The molecule has 0 spiro atoms. The van der Waals surface area contributed by atoms with E-state index in [2.05, 4.69) is 5.32 Å². The first kappa shape index (κ1) is 18.3. The number of thiophene rings is 1. The third-order valence-electron chi connectivity index (χ3n) is 4.22. The predicted molar refractivity (Wildman–Crippen MR) is 99.7 cm³/mol. The average molecular weight is 394 g/mol. The highest BCUT2D eigenvalue weighted by Crippen LogP contribution is 2.28. The van der Waals surface area contributed by atoms with Gasteiger partial charge in [0, 0.05) is 24.8 Å². The molecule has 2 heterocycles. The second-order valence-corrected chi connectivity index (χ2v) is 7.34. The second-order valence-electron chi connectivity index (χ2n) is 5.98. The Balaban J connectivity index is 1.67. The number of anilines is 1. The van der Waals surface area contributed by atoms with E-state index in [1.165, 1.54) is 29.5 Å². The van der Waals surface area contributed by atoms with E-state index < -0.39 is 4.92 Å². The maximum atomic E-state index is 12.5. The summed E-state index contributed by atoms with van der Waals surface area (Å²) in [6.45, 7) is 0.950. The van der Waals surface area contributed by atoms with Gasteiger partial charge in [0.25, 0.3) is 11.6 Å². The van der Waals surface area contributed by atoms with Crippen LogP contribution in [0.3, 0.4) is 0 Å². The van der Waals surface area contributed by atoms with Gasteiger partial charge < -0.3 is 10.2 Å². The van der Waals surface area contributed by atoms with Crippen molar-refractivity contribution in [1.29, 1.82) is 0 Å². The SMILES string of the molecule is O=C(Nc1ccc(Cl)c([N+](=O)[O-])c1)C1CCCN(C(=O)c2cccs2)C1. The van der Waals surface area contributed by atoms with Crippen molar-refractivity contribution in [3.8, 4) is 0 Å². The highest BCUT2D eigenvalue weighted by Gasteiger charge is 2.29. The highest BCUT2D eigenvalue weighted by atomic mass is 35.5. The minimum absolute atomic E-state index is 0.0124. The number of halogens is 1. The first-order valence-corrected chi connectivity index (χ1v) is 9.29. The number of nitro groups is 1. The van der Waals surface area contributed by atoms with Crippen LogP contribution in [-0.2, 0) is 4.79 Å². The van der Waals surface area contributed by atoms with E-state index in [1.807, 2.05) is 11.4 Å². The topological polar surface area (TPSA) is 92.5 Å². The Morgan fingerprint density at radius 2 is 2.15 bits per heavy atom. The van der Waals surface area contributed by atoms with Gasteiger partial charge >= 0.3 is 0 Å². The number of benzene rings is 1. The molecule has 0 saturated carbocycles. The summed E-state index contributed by atoms with van der Waals surface area (Å²) in [6.07, 6.45) is 1.39. The van der Waals surface area contributed by atoms with Gasteiger partial charge in [-0.25, -0.2) is 0 Å². The highest BCUT2D eigenvalue weighted by molar-refractivity contribution is 7.12. The number of piperidine rings is 1. The largest absolute Gasteiger partial charge is 0.337 e. The number of nitrogens with zero attached hydrogens (tertiary/aromatic N) is 2. The predicted octanol–water partition coefficient (Wildman–Crippen LogP) is 3.80. The summed E-state index contributed by atoms with van der Waals surface area (Å²) >= 11 is 7.16. The van der Waals surface area contributed by atoms with Crippen LogP contribution >= 0.6 is 22.9 Å². The molecule has 2 aromatic rings. The maximum absolute atomic E-state index is 12.5. The van der Waals surface area contributed by atoms with Crippen molar-refractivity contribution in [2.45, 2.75) is 12.8 Å². The fraction of sp³-hybridized carbons (Fsp3) is 0.294. The quantitative estimate of drug-likeness (QED) is 0.631. The van der Waals surface area contributed by atoms with E-state index in [1.54, 1.807) is 11.0 Å². The molecule has 3 rings (SSSR count). The second kappa shape index (κ2) is 7.84. The van der Waals surface area contributed by atoms with Crippen molar-refractivity contribution in [2.75, 3.05) is 18.4 Å². The number of hydrogen-bond donors (Lipinski definition) is 1. The molecule has 1 aliphatic heterocycles. The molecule has 1 aromatic carbocycles. The Hall–Kier alpha value is -2.45. The molecule has 26 heavy (non-hydrogen) atoms. The van der Waals surface area contributed by atoms with Gasteiger partial charge in [-0.05, 0) is 36.4 Å². The summed E-state index contributed by atoms with van der Waals surface area (Å²) in [5, 5.41) is 15.5. The van der Waals surface area contributed by atoms with Gasteiger partial charge in [0.15, 0.2) is 0 Å². The Morgan fingerprint density at radius 3 is 2.85 bits per heavy atom. The molecule has 2 amide bonds. The van der Waals surface area contributed by atoms with Gasteiger partial charge in [0.2, 0.25) is 5.91 Å². The van der Waals surface area contributed by atoms with E-state index in [-0.39, 0.29) is 28.4 Å². The molecule has 1 N–H and O–H groups in total. The Morgan fingerprint density at radius 1 is 1.35 bits per heavy atom. The molecule has 1 saturated heterocycles. The summed E-state index contributed by atoms with van der Waals surface area (Å²) in [7, 11) is 0. The molecule has 0 radical (unpaired) electrons. The molecule has 1 aromatic heterocycles. The standard InChI is InChI=1S/C17H16ClN3O4S/c18-13-6-5-12(9-14(13)21(24)25)19-16(22)11-3-1-7-20(10-11)17(23)15-4-2-8-26-15/h2,4-6,8-9,11H,1,3,7,10H2,(H,19,22). The number of nitrogens with one attached hydrogen (secondary N) is 1. The number of likely N-dealkylation sites (tertiary alicyclic amines) is 1. The number of hydrogen-bond acceptors (Lipinski definition) is 5. The zero-order valence-electron chi connectivity index (χ0n) is 13.7. The number of amides is 2. The van der Waals surface area contributed by atoms with E-state index >= 15 is 0 Å². The fourth-order valence-electron chi connectivity index (χ4n) is 2.91. The fourth-order valence-corrected chi connectivity index (χ4v) is 3.78. The van der Waals surface area contributed by atoms with Crippen LogP contribution in [0, 0.1) is 16.0 Å². The van der Waals surface area contributed by atoms with Gasteiger partial charge in [0.05, 0.1) is 15.7 Å². The molecule has 0 aliphatic carbocycles. The molecule has 0 bridgehead atoms. The molecule has 1 fully saturated rings. The Bertz CT molecular complexity index is 841. The number of carbonyl (C=O) groups excluding carboxylic acids is 2. The first-order chi connectivity index (χ1) is 12.5. The van der Waals surface area contributed by atoms with Crippen LogP contribution in [0.4, 0.5) is 11.4 Å². The van der Waals surface area contributed by atoms with E-state index in [0.29, 0.717) is 30.1 Å². The van der Waals surface area contributed by atoms with Crippen molar-refractivity contribution in [1.82, 2.24) is 4.90 Å². The van der Waals surface area contributed by atoms with Crippen LogP contribution in [0.2, 0.25) is 5.02 Å². The van der Waals surface area contributed by atoms with Crippen molar-refractivity contribution >= 4 is 46.1 Å². The summed E-state index contributed by atoms with van der Waals surface area (Å²) in [6, 6.07) is 7.72. The van der Waals surface area contributed by atoms with Crippen LogP contribution in [0.1, 0.15) is 22.5 Å². The molecule has 7 nitrogen and oxygen atoms in total. The summed E-state index contributed by atoms with van der Waals surface area (Å²) in [4.78, 5) is 37.7. The van der Waals surface area contributed by atoms with Gasteiger partial charge in [-0.15, -0.1) is 11.3 Å². The summed E-state index contributed by atoms with van der Waals surface area (Å²) in [5.74, 6) is -0.688. The molecular weight excluding hydrogens is 378 g/mol. The lowest BCUT2D eigenvalue weighted by atomic mass is 9.97. The normalized spacial score (nSPS) is 17.0. The lowest BCUT2D eigenvalue weighted by Crippen LogP contribution is -2.43. The van der Waals surface area contributed by atoms with Crippen LogP contribution in [0.5, 0.6) is 0 Å². The lowest BCUT2D eigenvalue weighted by molar-refractivity contribution is -0.384. The van der Waals surface area contributed by atoms with Crippen molar-refractivity contribution in [3.63, 3.8) is 0 Å². The van der Waals surface area contributed by atoms with Crippen LogP contribution < -0.4 is 5.32 Å². The van der Waals surface area contributed by atoms with E-state index in [0.717, 1.165) is 6.42 Å². The summed E-state index contributed by atoms with van der Waals surface area (Å²) < 4.78 is 0. The third-order valence-corrected chi connectivity index (χ3v) is 5.40. The van der Waals surface area contributed by atoms with Crippen molar-refractivity contribution in [2.24, 2.45) is 5.92 Å². The molecule has 9 heteroatoms. The Labute approximate surface area is 158 Å². The van der Waals surface area contributed by atoms with E-state index in [9.17, 15) is 19.7 Å². The van der Waals surface area contributed by atoms with Crippen molar-refractivity contribution in [3.05, 3.63) is 55.7 Å². The van der Waals surface area contributed by atoms with Crippen LogP contribution in [0.15, 0.2) is 35.7 Å². The van der Waals surface area contributed by atoms with Gasteiger partial charge in [-0.2, -0.15) is 0 Å². The first-order valence-electron chi connectivity index (χ1n) is 8.03. The molecular formula is C17H16ClN3O4S. The molecule has 1 atom stereocenters. The van der Waals surface area contributed by atoms with Crippen molar-refractivity contribution < 1.29 is 14.5 Å². The average Bonchev–Trinajstić information content (AvgIpc) is 3.17.